The van der Waals surface area contributed by atoms with Crippen LogP contribution in [-0.2, 0) is 7.05 Å². The van der Waals surface area contributed by atoms with Crippen LogP contribution in [0.2, 0.25) is 0 Å². The van der Waals surface area contributed by atoms with Crippen molar-refractivity contribution in [3.63, 3.8) is 0 Å². The molecule has 4 nitrogen and oxygen atoms in total. The van der Waals surface area contributed by atoms with Gasteiger partial charge in [-0.15, -0.1) is 11.3 Å². The van der Waals surface area contributed by atoms with E-state index in [-0.39, 0.29) is 0 Å². The Hall–Kier alpha value is -2.01. The number of hydrogen-bond acceptors (Lipinski definition) is 4. The minimum absolute atomic E-state index is 0.544. The molecule has 2 heterocycles. The fourth-order valence-electron chi connectivity index (χ4n) is 1.99. The topological polar surface area (TPSA) is 53.1 Å². The zero-order valence-corrected chi connectivity index (χ0v) is 11.0. The number of aromatic nitrogens is 2. The zero-order valence-electron chi connectivity index (χ0n) is 10.2. The van der Waals surface area contributed by atoms with Gasteiger partial charge in [-0.2, -0.15) is 5.10 Å². The molecule has 1 aromatic carbocycles. The summed E-state index contributed by atoms with van der Waals surface area (Å²) in [6.45, 7) is 0. The number of thiophene rings is 1. The first-order valence-corrected chi connectivity index (χ1v) is 6.36. The molecule has 0 bridgehead atoms. The normalized spacial score (nSPS) is 11.0. The monoisotopic (exact) mass is 259 g/mol. The highest BCUT2D eigenvalue weighted by molar-refractivity contribution is 7.22. The van der Waals surface area contributed by atoms with Crippen LogP contribution in [0.5, 0.6) is 5.75 Å². The van der Waals surface area contributed by atoms with Gasteiger partial charge in [0.1, 0.15) is 11.6 Å². The molecular formula is C13H13N3OS. The summed E-state index contributed by atoms with van der Waals surface area (Å²) in [5.74, 6) is 1.42. The van der Waals surface area contributed by atoms with E-state index in [1.807, 2.05) is 25.2 Å². The predicted molar refractivity (Wildman–Crippen MR) is 75.0 cm³/mol. The molecule has 0 unspecified atom stereocenters. The van der Waals surface area contributed by atoms with Crippen molar-refractivity contribution in [2.24, 2.45) is 7.05 Å². The molecule has 0 atom stereocenters. The largest absolute Gasteiger partial charge is 0.497 e. The number of nitrogens with two attached hydrogens (primary N) is 1. The fraction of sp³-hybridized carbons (Fsp3) is 0.154. The lowest BCUT2D eigenvalue weighted by Crippen LogP contribution is -1.93. The number of ether oxygens (including phenoxy) is 1. The molecule has 0 aliphatic heterocycles. The summed E-state index contributed by atoms with van der Waals surface area (Å²) in [6, 6.07) is 10.1. The number of benzene rings is 1. The standard InChI is InChI=1S/C13H13N3OS/c1-16-10(7-13(14)15-16)12-6-8-5-9(17-2)3-4-11(8)18-12/h3-7H,1-2H3,(H2,14,15). The lowest BCUT2D eigenvalue weighted by molar-refractivity contribution is 0.415. The molecule has 0 spiro atoms. The van der Waals surface area contributed by atoms with E-state index in [0.717, 1.165) is 16.3 Å². The first-order chi connectivity index (χ1) is 8.67. The first kappa shape index (κ1) is 11.1. The van der Waals surface area contributed by atoms with Gasteiger partial charge in [0, 0.05) is 17.8 Å². The molecule has 3 rings (SSSR count). The van der Waals surface area contributed by atoms with Crippen LogP contribution in [0.3, 0.4) is 0 Å². The Morgan fingerprint density at radius 3 is 2.78 bits per heavy atom. The Morgan fingerprint density at radius 2 is 2.11 bits per heavy atom. The van der Waals surface area contributed by atoms with E-state index in [9.17, 15) is 0 Å². The second kappa shape index (κ2) is 4.03. The number of hydrogen-bond donors (Lipinski definition) is 1. The van der Waals surface area contributed by atoms with Crippen molar-refractivity contribution in [1.29, 1.82) is 0 Å². The van der Waals surface area contributed by atoms with Gasteiger partial charge in [-0.25, -0.2) is 0 Å². The molecule has 2 aromatic heterocycles. The summed E-state index contributed by atoms with van der Waals surface area (Å²) in [5, 5.41) is 5.34. The third-order valence-electron chi connectivity index (χ3n) is 2.87. The maximum atomic E-state index is 5.71. The molecule has 0 saturated heterocycles. The highest BCUT2D eigenvalue weighted by Crippen LogP contribution is 2.35. The van der Waals surface area contributed by atoms with Crippen LogP contribution in [0.25, 0.3) is 20.7 Å². The molecule has 0 saturated carbocycles. The average molecular weight is 259 g/mol. The van der Waals surface area contributed by atoms with Gasteiger partial charge in [0.25, 0.3) is 0 Å². The van der Waals surface area contributed by atoms with Gasteiger partial charge in [0.2, 0.25) is 0 Å². The van der Waals surface area contributed by atoms with Gasteiger partial charge in [-0.05, 0) is 29.7 Å². The fourth-order valence-corrected chi connectivity index (χ4v) is 3.08. The second-order valence-corrected chi connectivity index (χ2v) is 5.18. The molecule has 5 heteroatoms. The summed E-state index contributed by atoms with van der Waals surface area (Å²) >= 11 is 1.73. The third kappa shape index (κ3) is 1.73. The van der Waals surface area contributed by atoms with Crippen LogP contribution in [0.1, 0.15) is 0 Å². The van der Waals surface area contributed by atoms with E-state index >= 15 is 0 Å². The smallest absolute Gasteiger partial charge is 0.146 e. The number of rotatable bonds is 2. The molecule has 0 radical (unpaired) electrons. The highest BCUT2D eigenvalue weighted by atomic mass is 32.1. The number of aryl methyl sites for hydroxylation is 1. The van der Waals surface area contributed by atoms with E-state index in [4.69, 9.17) is 10.5 Å². The Kier molecular flexibility index (Phi) is 2.48. The Labute approximate surface area is 109 Å². The van der Waals surface area contributed by atoms with Crippen molar-refractivity contribution >= 4 is 27.2 Å². The Morgan fingerprint density at radius 1 is 1.28 bits per heavy atom. The molecule has 0 aliphatic carbocycles. The molecule has 92 valence electrons. The second-order valence-electron chi connectivity index (χ2n) is 4.09. The summed E-state index contributed by atoms with van der Waals surface area (Å²) in [5.41, 5.74) is 6.74. The van der Waals surface area contributed by atoms with Crippen molar-refractivity contribution in [1.82, 2.24) is 9.78 Å². The minimum Gasteiger partial charge on any atom is -0.497 e. The van der Waals surface area contributed by atoms with E-state index in [0.29, 0.717) is 5.82 Å². The van der Waals surface area contributed by atoms with Crippen LogP contribution < -0.4 is 10.5 Å². The summed E-state index contributed by atoms with van der Waals surface area (Å²) in [7, 11) is 3.58. The van der Waals surface area contributed by atoms with E-state index < -0.39 is 0 Å². The minimum atomic E-state index is 0.544. The van der Waals surface area contributed by atoms with Crippen molar-refractivity contribution in [2.45, 2.75) is 0 Å². The maximum absolute atomic E-state index is 5.71. The van der Waals surface area contributed by atoms with Crippen molar-refractivity contribution in [2.75, 3.05) is 12.8 Å². The highest BCUT2D eigenvalue weighted by Gasteiger charge is 2.10. The maximum Gasteiger partial charge on any atom is 0.146 e. The number of nitrogen functional groups attached to an aromatic ring is 1. The van der Waals surface area contributed by atoms with Gasteiger partial charge < -0.3 is 10.5 Å². The van der Waals surface area contributed by atoms with Crippen molar-refractivity contribution in [3.8, 4) is 16.3 Å². The predicted octanol–water partition coefficient (Wildman–Crippen LogP) is 2.89. The van der Waals surface area contributed by atoms with Gasteiger partial charge >= 0.3 is 0 Å². The Balaban J connectivity index is 2.16. The first-order valence-electron chi connectivity index (χ1n) is 5.55. The lowest BCUT2D eigenvalue weighted by Gasteiger charge is -1.97. The number of nitrogens with zero attached hydrogens (tertiary/aromatic N) is 2. The van der Waals surface area contributed by atoms with Gasteiger partial charge in [-0.1, -0.05) is 0 Å². The lowest BCUT2D eigenvalue weighted by atomic mass is 10.2. The molecule has 3 aromatic rings. The number of methoxy groups -OCH3 is 1. The quantitative estimate of drug-likeness (QED) is 0.770. The van der Waals surface area contributed by atoms with E-state index in [2.05, 4.69) is 17.2 Å². The van der Waals surface area contributed by atoms with Gasteiger partial charge in [-0.3, -0.25) is 4.68 Å². The van der Waals surface area contributed by atoms with E-state index in [1.165, 1.54) is 10.1 Å². The molecule has 0 amide bonds. The summed E-state index contributed by atoms with van der Waals surface area (Å²) in [6.07, 6.45) is 0. The molecular weight excluding hydrogens is 246 g/mol. The van der Waals surface area contributed by atoms with Crippen LogP contribution in [-0.4, -0.2) is 16.9 Å². The van der Waals surface area contributed by atoms with Crippen LogP contribution >= 0.6 is 11.3 Å². The Bertz CT molecular complexity index is 714. The van der Waals surface area contributed by atoms with Gasteiger partial charge in [0.05, 0.1) is 17.7 Å². The van der Waals surface area contributed by atoms with Crippen LogP contribution in [0.15, 0.2) is 30.3 Å². The van der Waals surface area contributed by atoms with Crippen LogP contribution in [0.4, 0.5) is 5.82 Å². The van der Waals surface area contributed by atoms with Crippen molar-refractivity contribution in [3.05, 3.63) is 30.3 Å². The number of fused-ring (bicyclic) bond motifs is 1. The molecule has 0 aliphatic rings. The van der Waals surface area contributed by atoms with E-state index in [1.54, 1.807) is 23.1 Å². The van der Waals surface area contributed by atoms with Gasteiger partial charge in [0.15, 0.2) is 0 Å². The third-order valence-corrected chi connectivity index (χ3v) is 4.01. The van der Waals surface area contributed by atoms with Crippen LogP contribution in [0, 0.1) is 0 Å². The average Bonchev–Trinajstić information content (AvgIpc) is 2.90. The summed E-state index contributed by atoms with van der Waals surface area (Å²) < 4.78 is 8.26. The molecule has 0 fully saturated rings. The molecule has 2 N–H and O–H groups in total. The SMILES string of the molecule is COc1ccc2sc(-c3cc(N)nn3C)cc2c1. The zero-order chi connectivity index (χ0) is 12.7. The molecule has 18 heavy (non-hydrogen) atoms. The summed E-state index contributed by atoms with van der Waals surface area (Å²) in [4.78, 5) is 1.16. The van der Waals surface area contributed by atoms with Crippen molar-refractivity contribution < 1.29 is 4.74 Å². The number of anilines is 1.